The van der Waals surface area contributed by atoms with Gasteiger partial charge in [-0.05, 0) is 19.4 Å². The fraction of sp³-hybridized carbons (Fsp3) is 0.462. The molecule has 0 fully saturated rings. The molecule has 2 atom stereocenters. The second-order valence-corrected chi connectivity index (χ2v) is 4.47. The van der Waals surface area contributed by atoms with E-state index >= 15 is 0 Å². The van der Waals surface area contributed by atoms with Crippen LogP contribution < -0.4 is 11.1 Å². The van der Waals surface area contributed by atoms with Crippen LogP contribution in [-0.4, -0.2) is 17.6 Å². The number of nitrogens with two attached hydrogens (primary N) is 1. The molecule has 0 aromatic heterocycles. The molecule has 0 aliphatic carbocycles. The Morgan fingerprint density at radius 2 is 1.94 bits per heavy atom. The predicted octanol–water partition coefficient (Wildman–Crippen LogP) is 2.03. The molecule has 0 aliphatic rings. The molecule has 0 aliphatic heterocycles. The van der Waals surface area contributed by atoms with Crippen LogP contribution in [0.4, 0.5) is 0 Å². The van der Waals surface area contributed by atoms with Gasteiger partial charge in [0.15, 0.2) is 0 Å². The van der Waals surface area contributed by atoms with Crippen molar-refractivity contribution >= 4 is 5.84 Å². The third kappa shape index (κ3) is 4.07. The van der Waals surface area contributed by atoms with Gasteiger partial charge in [0, 0.05) is 18.5 Å². The molecule has 4 nitrogen and oxygen atoms in total. The van der Waals surface area contributed by atoms with Crippen LogP contribution in [0.25, 0.3) is 0 Å². The third-order valence-corrected chi connectivity index (χ3v) is 2.93. The normalized spacial score (nSPS) is 15.6. The summed E-state index contributed by atoms with van der Waals surface area (Å²) in [7, 11) is 0. The summed E-state index contributed by atoms with van der Waals surface area (Å²) in [6.45, 7) is 6.78. The summed E-state index contributed by atoms with van der Waals surface area (Å²) in [5, 5.41) is 14.9. The number of aryl methyl sites for hydroxylation is 1. The Morgan fingerprint density at radius 3 is 2.47 bits per heavy atom. The average Bonchev–Trinajstić information content (AvgIpc) is 2.35. The monoisotopic (exact) mass is 235 g/mol. The van der Waals surface area contributed by atoms with Crippen LogP contribution in [0.15, 0.2) is 29.4 Å². The van der Waals surface area contributed by atoms with E-state index in [0.717, 1.165) is 0 Å². The van der Waals surface area contributed by atoms with Gasteiger partial charge in [0.1, 0.15) is 5.84 Å². The lowest BCUT2D eigenvalue weighted by atomic mass is 10.1. The lowest BCUT2D eigenvalue weighted by Gasteiger charge is -2.17. The van der Waals surface area contributed by atoms with Crippen molar-refractivity contribution in [2.45, 2.75) is 26.8 Å². The van der Waals surface area contributed by atoms with Gasteiger partial charge in [0.05, 0.1) is 0 Å². The van der Waals surface area contributed by atoms with Crippen molar-refractivity contribution in [1.29, 1.82) is 0 Å². The van der Waals surface area contributed by atoms with Crippen LogP contribution in [0.1, 0.15) is 31.0 Å². The van der Waals surface area contributed by atoms with E-state index in [-0.39, 0.29) is 17.8 Å². The Morgan fingerprint density at radius 1 is 1.35 bits per heavy atom. The van der Waals surface area contributed by atoms with E-state index < -0.39 is 0 Å². The smallest absolute Gasteiger partial charge is 0.143 e. The van der Waals surface area contributed by atoms with E-state index in [4.69, 9.17) is 10.9 Å². The first kappa shape index (κ1) is 13.5. The molecule has 4 heteroatoms. The summed E-state index contributed by atoms with van der Waals surface area (Å²) in [4.78, 5) is 0. The summed E-state index contributed by atoms with van der Waals surface area (Å²) in [6.07, 6.45) is 0. The number of amidine groups is 1. The van der Waals surface area contributed by atoms with E-state index in [1.54, 1.807) is 0 Å². The highest BCUT2D eigenvalue weighted by Gasteiger charge is 2.10. The first-order chi connectivity index (χ1) is 8.04. The molecule has 0 amide bonds. The first-order valence-electron chi connectivity index (χ1n) is 5.82. The quantitative estimate of drug-likeness (QED) is 0.316. The van der Waals surface area contributed by atoms with Gasteiger partial charge < -0.3 is 16.3 Å². The van der Waals surface area contributed by atoms with Crippen molar-refractivity contribution in [2.75, 3.05) is 6.54 Å². The van der Waals surface area contributed by atoms with Gasteiger partial charge in [0.2, 0.25) is 0 Å². The molecular weight excluding hydrogens is 214 g/mol. The SMILES string of the molecule is Cc1ccc([C@H](C)NCC(C)/C(N)=N/O)cc1. The number of nitrogens with zero attached hydrogens (tertiary/aromatic N) is 1. The fourth-order valence-corrected chi connectivity index (χ4v) is 1.53. The summed E-state index contributed by atoms with van der Waals surface area (Å²) in [5.41, 5.74) is 8.02. The Kier molecular flexibility index (Phi) is 4.97. The van der Waals surface area contributed by atoms with Crippen LogP contribution in [-0.2, 0) is 0 Å². The minimum atomic E-state index is 0.0212. The molecular formula is C13H21N3O. The van der Waals surface area contributed by atoms with E-state index in [1.165, 1.54) is 11.1 Å². The molecule has 94 valence electrons. The van der Waals surface area contributed by atoms with Crippen molar-refractivity contribution in [3.05, 3.63) is 35.4 Å². The average molecular weight is 235 g/mol. The number of nitrogens with one attached hydrogen (secondary N) is 1. The van der Waals surface area contributed by atoms with Gasteiger partial charge in [-0.15, -0.1) is 0 Å². The van der Waals surface area contributed by atoms with E-state index in [0.29, 0.717) is 6.54 Å². The van der Waals surface area contributed by atoms with Crippen molar-refractivity contribution in [2.24, 2.45) is 16.8 Å². The molecule has 0 heterocycles. The van der Waals surface area contributed by atoms with Gasteiger partial charge in [-0.3, -0.25) is 0 Å². The molecule has 4 N–H and O–H groups in total. The molecule has 1 aromatic carbocycles. The highest BCUT2D eigenvalue weighted by atomic mass is 16.4. The van der Waals surface area contributed by atoms with Crippen LogP contribution in [0.3, 0.4) is 0 Å². The Labute approximate surface area is 103 Å². The number of rotatable bonds is 5. The number of benzene rings is 1. The maximum atomic E-state index is 8.55. The summed E-state index contributed by atoms with van der Waals surface area (Å²) in [5.74, 6) is 0.279. The largest absolute Gasteiger partial charge is 0.409 e. The molecule has 1 rings (SSSR count). The minimum Gasteiger partial charge on any atom is -0.409 e. The highest BCUT2D eigenvalue weighted by Crippen LogP contribution is 2.13. The zero-order valence-electron chi connectivity index (χ0n) is 10.6. The number of oxime groups is 1. The second-order valence-electron chi connectivity index (χ2n) is 4.47. The molecule has 0 saturated heterocycles. The predicted molar refractivity (Wildman–Crippen MR) is 70.2 cm³/mol. The van der Waals surface area contributed by atoms with Crippen LogP contribution >= 0.6 is 0 Å². The Bertz CT molecular complexity index is 373. The maximum absolute atomic E-state index is 8.55. The highest BCUT2D eigenvalue weighted by molar-refractivity contribution is 5.82. The fourth-order valence-electron chi connectivity index (χ4n) is 1.53. The van der Waals surface area contributed by atoms with Crippen molar-refractivity contribution in [1.82, 2.24) is 5.32 Å². The van der Waals surface area contributed by atoms with E-state index in [2.05, 4.69) is 48.6 Å². The molecule has 0 bridgehead atoms. The Balaban J connectivity index is 2.50. The van der Waals surface area contributed by atoms with Crippen LogP contribution in [0.5, 0.6) is 0 Å². The van der Waals surface area contributed by atoms with Gasteiger partial charge in [-0.2, -0.15) is 0 Å². The minimum absolute atomic E-state index is 0.0212. The molecule has 17 heavy (non-hydrogen) atoms. The lowest BCUT2D eigenvalue weighted by Crippen LogP contribution is -2.32. The van der Waals surface area contributed by atoms with Crippen molar-refractivity contribution in [3.8, 4) is 0 Å². The lowest BCUT2D eigenvalue weighted by molar-refractivity contribution is 0.313. The van der Waals surface area contributed by atoms with E-state index in [1.807, 2.05) is 6.92 Å². The third-order valence-electron chi connectivity index (χ3n) is 2.93. The first-order valence-corrected chi connectivity index (χ1v) is 5.82. The van der Waals surface area contributed by atoms with Gasteiger partial charge >= 0.3 is 0 Å². The van der Waals surface area contributed by atoms with Crippen LogP contribution in [0, 0.1) is 12.8 Å². The van der Waals surface area contributed by atoms with Crippen molar-refractivity contribution < 1.29 is 5.21 Å². The van der Waals surface area contributed by atoms with Gasteiger partial charge in [0.25, 0.3) is 0 Å². The van der Waals surface area contributed by atoms with Gasteiger partial charge in [-0.1, -0.05) is 41.9 Å². The summed E-state index contributed by atoms with van der Waals surface area (Å²) < 4.78 is 0. The number of hydrogen-bond donors (Lipinski definition) is 3. The standard InChI is InChI=1S/C13H21N3O/c1-9-4-6-12(7-5-9)11(3)15-8-10(2)13(14)16-17/h4-7,10-11,15,17H,8H2,1-3H3,(H2,14,16)/t10?,11-/m0/s1. The van der Waals surface area contributed by atoms with Gasteiger partial charge in [-0.25, -0.2) is 0 Å². The summed E-state index contributed by atoms with van der Waals surface area (Å²) >= 11 is 0. The maximum Gasteiger partial charge on any atom is 0.143 e. The van der Waals surface area contributed by atoms with Crippen LogP contribution in [0.2, 0.25) is 0 Å². The Hall–Kier alpha value is -1.55. The van der Waals surface area contributed by atoms with E-state index in [9.17, 15) is 0 Å². The zero-order valence-corrected chi connectivity index (χ0v) is 10.6. The molecule has 1 unspecified atom stereocenters. The molecule has 0 radical (unpaired) electrons. The summed E-state index contributed by atoms with van der Waals surface area (Å²) in [6, 6.07) is 8.67. The number of hydrogen-bond acceptors (Lipinski definition) is 3. The zero-order chi connectivity index (χ0) is 12.8. The molecule has 0 saturated carbocycles. The topological polar surface area (TPSA) is 70.6 Å². The molecule has 1 aromatic rings. The second kappa shape index (κ2) is 6.25. The molecule has 0 spiro atoms. The van der Waals surface area contributed by atoms with Crippen molar-refractivity contribution in [3.63, 3.8) is 0 Å².